The lowest BCUT2D eigenvalue weighted by Gasteiger charge is -2.39. The maximum Gasteiger partial charge on any atom is 0.158 e. The lowest BCUT2D eigenvalue weighted by Crippen LogP contribution is -2.54. The van der Waals surface area contributed by atoms with E-state index < -0.39 is 0 Å². The van der Waals surface area contributed by atoms with E-state index >= 15 is 0 Å². The maximum absolute atomic E-state index is 11.8. The van der Waals surface area contributed by atoms with Crippen LogP contribution in [0.1, 0.15) is 19.8 Å². The molecular weight excluding hydrogens is 267 g/mol. The number of rotatable bonds is 0. The fraction of sp³-hybridized carbons (Fsp3) is 0.875. The van der Waals surface area contributed by atoms with Gasteiger partial charge in [0.2, 0.25) is 0 Å². The van der Waals surface area contributed by atoms with Crippen molar-refractivity contribution in [2.75, 3.05) is 13.6 Å². The maximum atomic E-state index is 11.8. The van der Waals surface area contributed by atoms with Crippen molar-refractivity contribution in [1.29, 1.82) is 0 Å². The van der Waals surface area contributed by atoms with Crippen LogP contribution in [0.2, 0.25) is 0 Å². The van der Waals surface area contributed by atoms with Crippen LogP contribution in [-0.4, -0.2) is 33.6 Å². The summed E-state index contributed by atoms with van der Waals surface area (Å²) in [7, 11) is 1.98. The zero-order chi connectivity index (χ0) is 8.93. The van der Waals surface area contributed by atoms with Crippen LogP contribution < -0.4 is 0 Å². The Morgan fingerprint density at radius 1 is 1.58 bits per heavy atom. The molecule has 2 fully saturated rings. The van der Waals surface area contributed by atoms with Crippen molar-refractivity contribution in [2.24, 2.45) is 5.41 Å². The Bertz CT molecular complexity index is 227. The van der Waals surface area contributed by atoms with Crippen molar-refractivity contribution in [3.63, 3.8) is 0 Å². The third-order valence-electron chi connectivity index (χ3n) is 3.09. The van der Waals surface area contributed by atoms with Crippen LogP contribution in [0.3, 0.4) is 0 Å². The standard InChI is InChI=1S/C8H13IN2O/c1-6-7(12)8(3-4-8)5-11(9)10(6)2/h6H,3-5H2,1-2H3. The van der Waals surface area contributed by atoms with Crippen LogP contribution in [0.15, 0.2) is 0 Å². The zero-order valence-electron chi connectivity index (χ0n) is 7.38. The normalized spacial score (nSPS) is 35.9. The largest absolute Gasteiger partial charge is 0.297 e. The first-order chi connectivity index (χ1) is 5.57. The van der Waals surface area contributed by atoms with Crippen LogP contribution in [0, 0.1) is 5.41 Å². The summed E-state index contributed by atoms with van der Waals surface area (Å²) in [4.78, 5) is 11.8. The molecule has 0 aromatic heterocycles. The quantitative estimate of drug-likeness (QED) is 0.492. The molecule has 12 heavy (non-hydrogen) atoms. The van der Waals surface area contributed by atoms with Crippen LogP contribution in [0.5, 0.6) is 0 Å². The van der Waals surface area contributed by atoms with Gasteiger partial charge in [0.05, 0.1) is 6.04 Å². The average Bonchev–Trinajstić information content (AvgIpc) is 2.79. The molecule has 1 unspecified atom stereocenters. The van der Waals surface area contributed by atoms with Gasteiger partial charge in [0.1, 0.15) is 0 Å². The molecule has 3 nitrogen and oxygen atoms in total. The molecule has 1 atom stereocenters. The van der Waals surface area contributed by atoms with Crippen molar-refractivity contribution >= 4 is 28.6 Å². The molecule has 1 saturated heterocycles. The lowest BCUT2D eigenvalue weighted by atomic mass is 9.94. The first kappa shape index (κ1) is 8.90. The Morgan fingerprint density at radius 3 is 2.67 bits per heavy atom. The molecule has 0 radical (unpaired) electrons. The molecular formula is C8H13IN2O. The van der Waals surface area contributed by atoms with Gasteiger partial charge < -0.3 is 0 Å². The number of carbonyl (C=O) groups is 1. The summed E-state index contributed by atoms with van der Waals surface area (Å²) < 4.78 is 2.14. The van der Waals surface area contributed by atoms with Gasteiger partial charge in [-0.05, 0) is 19.8 Å². The second-order valence-corrected chi connectivity index (χ2v) is 5.00. The van der Waals surface area contributed by atoms with Crippen molar-refractivity contribution in [3.05, 3.63) is 0 Å². The molecule has 2 aliphatic rings. The van der Waals surface area contributed by atoms with E-state index in [9.17, 15) is 4.79 Å². The van der Waals surface area contributed by atoms with E-state index in [-0.39, 0.29) is 11.5 Å². The number of hydrazine groups is 1. The minimum absolute atomic E-state index is 0.0487. The van der Waals surface area contributed by atoms with Gasteiger partial charge in [-0.25, -0.2) is 5.01 Å². The van der Waals surface area contributed by atoms with Gasteiger partial charge in [-0.1, -0.05) is 0 Å². The van der Waals surface area contributed by atoms with Gasteiger partial charge in [-0.15, -0.1) is 0 Å². The van der Waals surface area contributed by atoms with E-state index in [1.807, 2.05) is 19.0 Å². The third-order valence-corrected chi connectivity index (χ3v) is 4.11. The van der Waals surface area contributed by atoms with E-state index in [0.717, 1.165) is 19.4 Å². The Hall–Kier alpha value is 0.320. The number of halogens is 1. The molecule has 0 N–H and O–H groups in total. The number of likely N-dealkylation sites (N-methyl/N-ethyl adjacent to an activating group) is 1. The monoisotopic (exact) mass is 280 g/mol. The van der Waals surface area contributed by atoms with Crippen LogP contribution >= 0.6 is 22.9 Å². The van der Waals surface area contributed by atoms with Crippen LogP contribution in [-0.2, 0) is 4.79 Å². The second kappa shape index (κ2) is 2.65. The van der Waals surface area contributed by atoms with E-state index in [2.05, 4.69) is 26.1 Å². The number of Topliss-reactive ketones (excluding diaryl/α,β-unsaturated/α-hetero) is 1. The molecule has 1 heterocycles. The highest BCUT2D eigenvalue weighted by molar-refractivity contribution is 14.1. The van der Waals surface area contributed by atoms with Gasteiger partial charge in [0.25, 0.3) is 0 Å². The number of carbonyl (C=O) groups excluding carboxylic acids is 1. The highest BCUT2D eigenvalue weighted by atomic mass is 127. The molecule has 1 aliphatic heterocycles. The fourth-order valence-electron chi connectivity index (χ4n) is 1.80. The third kappa shape index (κ3) is 1.12. The van der Waals surface area contributed by atoms with Gasteiger partial charge in [0, 0.05) is 41.9 Å². The number of ketones is 1. The van der Waals surface area contributed by atoms with Crippen molar-refractivity contribution < 1.29 is 4.79 Å². The molecule has 4 heteroatoms. The Kier molecular flexibility index (Phi) is 1.97. The highest BCUT2D eigenvalue weighted by Gasteiger charge is 2.55. The van der Waals surface area contributed by atoms with E-state index in [0.29, 0.717) is 5.78 Å². The van der Waals surface area contributed by atoms with E-state index in [1.165, 1.54) is 0 Å². The van der Waals surface area contributed by atoms with Crippen molar-refractivity contribution in [1.82, 2.24) is 8.23 Å². The summed E-state index contributed by atoms with van der Waals surface area (Å²) in [6, 6.07) is 0.0677. The van der Waals surface area contributed by atoms with Crippen LogP contribution in [0.4, 0.5) is 0 Å². The van der Waals surface area contributed by atoms with E-state index in [4.69, 9.17) is 0 Å². The molecule has 0 amide bonds. The summed E-state index contributed by atoms with van der Waals surface area (Å²) in [6.45, 7) is 2.90. The minimum Gasteiger partial charge on any atom is -0.297 e. The number of hydrogen-bond donors (Lipinski definition) is 0. The molecule has 68 valence electrons. The molecule has 2 rings (SSSR count). The molecule has 0 aromatic carbocycles. The predicted octanol–water partition coefficient (Wildman–Crippen LogP) is 1.24. The van der Waals surface area contributed by atoms with Crippen LogP contribution in [0.25, 0.3) is 0 Å². The topological polar surface area (TPSA) is 23.6 Å². The average molecular weight is 280 g/mol. The summed E-state index contributed by atoms with van der Waals surface area (Å²) >= 11 is 2.28. The molecule has 0 aromatic rings. The molecule has 1 spiro atoms. The summed E-state index contributed by atoms with van der Waals surface area (Å²) in [6.07, 6.45) is 2.20. The second-order valence-electron chi connectivity index (χ2n) is 3.89. The van der Waals surface area contributed by atoms with E-state index in [1.54, 1.807) is 0 Å². The fourth-order valence-corrected chi connectivity index (χ4v) is 2.82. The minimum atomic E-state index is 0.0487. The first-order valence-corrected chi connectivity index (χ1v) is 5.24. The lowest BCUT2D eigenvalue weighted by molar-refractivity contribution is -0.139. The molecule has 0 bridgehead atoms. The smallest absolute Gasteiger partial charge is 0.158 e. The summed E-state index contributed by atoms with van der Waals surface area (Å²) in [5.74, 6) is 0.443. The zero-order valence-corrected chi connectivity index (χ0v) is 9.54. The van der Waals surface area contributed by atoms with Gasteiger partial charge in [-0.2, -0.15) is 3.22 Å². The molecule has 1 aliphatic carbocycles. The molecule has 1 saturated carbocycles. The predicted molar refractivity (Wildman–Crippen MR) is 54.6 cm³/mol. The highest BCUT2D eigenvalue weighted by Crippen LogP contribution is 2.51. The Morgan fingerprint density at radius 2 is 2.17 bits per heavy atom. The van der Waals surface area contributed by atoms with Crippen molar-refractivity contribution in [3.8, 4) is 0 Å². The SMILES string of the molecule is CC1C(=O)C2(CC2)CN(I)N1C. The number of hydrogen-bond acceptors (Lipinski definition) is 3. The Balaban J connectivity index is 2.20. The summed E-state index contributed by atoms with van der Waals surface area (Å²) in [5.41, 5.74) is 0.0487. The van der Waals surface area contributed by atoms with Gasteiger partial charge >= 0.3 is 0 Å². The number of nitrogens with zero attached hydrogens (tertiary/aromatic N) is 2. The van der Waals surface area contributed by atoms with Crippen molar-refractivity contribution in [2.45, 2.75) is 25.8 Å². The summed E-state index contributed by atoms with van der Waals surface area (Å²) in [5, 5.41) is 2.02. The Labute approximate surface area is 86.6 Å². The van der Waals surface area contributed by atoms with Gasteiger partial charge in [-0.3, -0.25) is 4.79 Å². The van der Waals surface area contributed by atoms with Gasteiger partial charge in [0.15, 0.2) is 5.78 Å². The first-order valence-electron chi connectivity index (χ1n) is 4.27.